The molecule has 0 bridgehead atoms. The van der Waals surface area contributed by atoms with Crippen molar-refractivity contribution in [1.29, 1.82) is 0 Å². The number of hydrogen-bond acceptors (Lipinski definition) is 4. The molecule has 0 N–H and O–H groups in total. The molecule has 0 aromatic carbocycles. The monoisotopic (exact) mass is 292 g/mol. The molecular weight excluding hydrogens is 280 g/mol. The normalized spacial score (nSPS) is 16.6. The zero-order chi connectivity index (χ0) is 14.8. The van der Waals surface area contributed by atoms with Crippen molar-refractivity contribution in [2.75, 3.05) is 31.1 Å². The van der Waals surface area contributed by atoms with Gasteiger partial charge in [-0.1, -0.05) is 0 Å². The minimum absolute atomic E-state index is 0.0700. The Balaban J connectivity index is 1.96. The minimum atomic E-state index is -4.63. The van der Waals surface area contributed by atoms with Crippen LogP contribution in [0.15, 0.2) is 18.5 Å². The highest BCUT2D eigenvalue weighted by molar-refractivity contribution is 5.84. The second kappa shape index (κ2) is 5.59. The average Bonchev–Trinajstić information content (AvgIpc) is 2.47. The van der Waals surface area contributed by atoms with E-state index >= 15 is 0 Å². The van der Waals surface area contributed by atoms with E-state index in [4.69, 9.17) is 0 Å². The zero-order valence-corrected chi connectivity index (χ0v) is 10.3. The number of carbonyl (C=O) groups excluding carboxylic acids is 1. The van der Waals surface area contributed by atoms with E-state index in [9.17, 15) is 22.4 Å². The standard InChI is InChI=1S/C11H12F4N4O/c12-8(13)11(14,15)9(20)18-4-6-19(7-5-18)10-16-2-1-3-17-10/h1-3,8H,4-7H2. The second-order valence-electron chi connectivity index (χ2n) is 4.25. The van der Waals surface area contributed by atoms with E-state index < -0.39 is 18.3 Å². The van der Waals surface area contributed by atoms with Gasteiger partial charge in [0.15, 0.2) is 0 Å². The first kappa shape index (κ1) is 14.5. The highest BCUT2D eigenvalue weighted by Crippen LogP contribution is 2.26. The Hall–Kier alpha value is -1.93. The highest BCUT2D eigenvalue weighted by atomic mass is 19.3. The molecule has 1 amide bonds. The van der Waals surface area contributed by atoms with Crippen LogP contribution in [0.2, 0.25) is 0 Å². The maximum atomic E-state index is 13.0. The molecule has 2 rings (SSSR count). The Kier molecular flexibility index (Phi) is 4.05. The van der Waals surface area contributed by atoms with Gasteiger partial charge >= 0.3 is 12.3 Å². The quantitative estimate of drug-likeness (QED) is 0.781. The van der Waals surface area contributed by atoms with Crippen LogP contribution >= 0.6 is 0 Å². The van der Waals surface area contributed by atoms with Crippen molar-refractivity contribution in [2.24, 2.45) is 0 Å². The third kappa shape index (κ3) is 2.81. The summed E-state index contributed by atoms with van der Waals surface area (Å²) < 4.78 is 50.2. The lowest BCUT2D eigenvalue weighted by Crippen LogP contribution is -2.55. The summed E-state index contributed by atoms with van der Waals surface area (Å²) >= 11 is 0. The fraction of sp³-hybridized carbons (Fsp3) is 0.545. The third-order valence-electron chi connectivity index (χ3n) is 2.96. The molecule has 0 atom stereocenters. The fourth-order valence-electron chi connectivity index (χ4n) is 1.87. The molecule has 1 aliphatic rings. The zero-order valence-electron chi connectivity index (χ0n) is 10.3. The summed E-state index contributed by atoms with van der Waals surface area (Å²) in [5.74, 6) is -6.05. The van der Waals surface area contributed by atoms with E-state index in [1.165, 1.54) is 12.4 Å². The number of carbonyl (C=O) groups is 1. The van der Waals surface area contributed by atoms with E-state index in [0.29, 0.717) is 5.95 Å². The van der Waals surface area contributed by atoms with Crippen molar-refractivity contribution in [3.63, 3.8) is 0 Å². The van der Waals surface area contributed by atoms with Gasteiger partial charge < -0.3 is 9.80 Å². The van der Waals surface area contributed by atoms with Crippen LogP contribution in [-0.2, 0) is 4.79 Å². The van der Waals surface area contributed by atoms with Crippen LogP contribution in [-0.4, -0.2) is 59.3 Å². The van der Waals surface area contributed by atoms with Crippen molar-refractivity contribution < 1.29 is 22.4 Å². The van der Waals surface area contributed by atoms with Gasteiger partial charge in [0.1, 0.15) is 0 Å². The smallest absolute Gasteiger partial charge is 0.337 e. The first-order chi connectivity index (χ1) is 9.43. The van der Waals surface area contributed by atoms with Gasteiger partial charge in [0.25, 0.3) is 5.91 Å². The van der Waals surface area contributed by atoms with Gasteiger partial charge in [-0.25, -0.2) is 18.7 Å². The number of aromatic nitrogens is 2. The van der Waals surface area contributed by atoms with Crippen LogP contribution in [0.4, 0.5) is 23.5 Å². The number of piperazine rings is 1. The average molecular weight is 292 g/mol. The number of amides is 1. The van der Waals surface area contributed by atoms with E-state index in [0.717, 1.165) is 4.90 Å². The molecule has 0 unspecified atom stereocenters. The largest absolute Gasteiger partial charge is 0.383 e. The van der Waals surface area contributed by atoms with E-state index in [2.05, 4.69) is 9.97 Å². The molecule has 1 saturated heterocycles. The number of anilines is 1. The van der Waals surface area contributed by atoms with Crippen LogP contribution in [0.3, 0.4) is 0 Å². The maximum absolute atomic E-state index is 13.0. The number of alkyl halides is 4. The molecule has 5 nitrogen and oxygen atoms in total. The molecular formula is C11H12F4N4O. The minimum Gasteiger partial charge on any atom is -0.337 e. The summed E-state index contributed by atoms with van der Waals surface area (Å²) in [6.07, 6.45) is -0.930. The number of halogens is 4. The lowest BCUT2D eigenvalue weighted by molar-refractivity contribution is -0.180. The molecule has 0 radical (unpaired) electrons. The molecule has 1 aromatic rings. The number of hydrogen-bond donors (Lipinski definition) is 0. The van der Waals surface area contributed by atoms with Crippen LogP contribution in [0.5, 0.6) is 0 Å². The van der Waals surface area contributed by atoms with Crippen LogP contribution in [0, 0.1) is 0 Å². The molecule has 0 spiro atoms. The summed E-state index contributed by atoms with van der Waals surface area (Å²) in [6.45, 7) is 0.295. The van der Waals surface area contributed by atoms with Crippen LogP contribution < -0.4 is 4.90 Å². The van der Waals surface area contributed by atoms with Gasteiger partial charge in [0.05, 0.1) is 0 Å². The van der Waals surface area contributed by atoms with Gasteiger partial charge in [-0.2, -0.15) is 8.78 Å². The summed E-state index contributed by atoms with van der Waals surface area (Å²) in [5.41, 5.74) is 0. The first-order valence-corrected chi connectivity index (χ1v) is 5.90. The Morgan fingerprint density at radius 3 is 2.20 bits per heavy atom. The van der Waals surface area contributed by atoms with E-state index in [1.807, 2.05) is 0 Å². The second-order valence-corrected chi connectivity index (χ2v) is 4.25. The van der Waals surface area contributed by atoms with Gasteiger partial charge in [-0.3, -0.25) is 4.79 Å². The fourth-order valence-corrected chi connectivity index (χ4v) is 1.87. The van der Waals surface area contributed by atoms with Gasteiger partial charge in [0.2, 0.25) is 5.95 Å². The third-order valence-corrected chi connectivity index (χ3v) is 2.96. The van der Waals surface area contributed by atoms with Gasteiger partial charge in [-0.15, -0.1) is 0 Å². The Morgan fingerprint density at radius 2 is 1.70 bits per heavy atom. The van der Waals surface area contributed by atoms with Crippen molar-refractivity contribution in [3.05, 3.63) is 18.5 Å². The summed E-state index contributed by atoms with van der Waals surface area (Å²) in [6, 6.07) is 1.63. The first-order valence-electron chi connectivity index (χ1n) is 5.90. The number of nitrogens with zero attached hydrogens (tertiary/aromatic N) is 4. The predicted molar refractivity (Wildman–Crippen MR) is 61.8 cm³/mol. The molecule has 110 valence electrons. The van der Waals surface area contributed by atoms with Gasteiger partial charge in [-0.05, 0) is 6.07 Å². The van der Waals surface area contributed by atoms with E-state index in [1.54, 1.807) is 11.0 Å². The molecule has 1 aliphatic heterocycles. The molecule has 1 fully saturated rings. The van der Waals surface area contributed by atoms with Gasteiger partial charge in [0, 0.05) is 38.6 Å². The van der Waals surface area contributed by atoms with Crippen LogP contribution in [0.1, 0.15) is 0 Å². The molecule has 1 aromatic heterocycles. The Bertz CT molecular complexity index is 463. The molecule has 9 heteroatoms. The molecule has 20 heavy (non-hydrogen) atoms. The van der Waals surface area contributed by atoms with Crippen molar-refractivity contribution in [2.45, 2.75) is 12.3 Å². The van der Waals surface area contributed by atoms with Crippen molar-refractivity contribution in [3.8, 4) is 0 Å². The van der Waals surface area contributed by atoms with Crippen LogP contribution in [0.25, 0.3) is 0 Å². The Morgan fingerprint density at radius 1 is 1.15 bits per heavy atom. The van der Waals surface area contributed by atoms with Crippen molar-refractivity contribution in [1.82, 2.24) is 14.9 Å². The van der Waals surface area contributed by atoms with Crippen molar-refractivity contribution >= 4 is 11.9 Å². The predicted octanol–water partition coefficient (Wildman–Crippen LogP) is 1.03. The lowest BCUT2D eigenvalue weighted by Gasteiger charge is -2.35. The summed E-state index contributed by atoms with van der Waals surface area (Å²) in [5, 5.41) is 0. The summed E-state index contributed by atoms with van der Waals surface area (Å²) in [4.78, 5) is 21.8. The topological polar surface area (TPSA) is 49.3 Å². The highest BCUT2D eigenvalue weighted by Gasteiger charge is 2.51. The summed E-state index contributed by atoms with van der Waals surface area (Å²) in [7, 11) is 0. The maximum Gasteiger partial charge on any atom is 0.383 e. The number of rotatable bonds is 3. The van der Waals surface area contributed by atoms with E-state index in [-0.39, 0.29) is 26.2 Å². The Labute approximate surface area is 112 Å². The molecule has 2 heterocycles. The SMILES string of the molecule is O=C(N1CCN(c2ncccn2)CC1)C(F)(F)C(F)F. The molecule has 0 saturated carbocycles. The molecule has 0 aliphatic carbocycles. The lowest BCUT2D eigenvalue weighted by atomic mass is 10.2.